The van der Waals surface area contributed by atoms with Crippen molar-refractivity contribution in [3.05, 3.63) is 84.9 Å². The van der Waals surface area contributed by atoms with Gasteiger partial charge < -0.3 is 12.4 Å². The fourth-order valence-corrected chi connectivity index (χ4v) is 2.14. The molecule has 0 spiro atoms. The topological polar surface area (TPSA) is 0 Å². The molecule has 0 amide bonds. The molecule has 0 radical (unpaired) electrons. The predicted octanol–water partition coefficient (Wildman–Crippen LogP) is 2.87. The number of benzene rings is 2. The van der Waals surface area contributed by atoms with Crippen LogP contribution in [-0.4, -0.2) is 3.21 Å². The molecule has 116 valence electrons. The maximum absolute atomic E-state index is 2.12. The van der Waals surface area contributed by atoms with Crippen LogP contribution in [0.1, 0.15) is 13.8 Å². The molecule has 0 saturated carbocycles. The maximum Gasteiger partial charge on any atom is -0.0809 e. The summed E-state index contributed by atoms with van der Waals surface area (Å²) >= 11 is 1.55. The molecule has 0 bridgehead atoms. The Labute approximate surface area is 159 Å². The van der Waals surface area contributed by atoms with Crippen LogP contribution in [0.15, 0.2) is 84.9 Å². The van der Waals surface area contributed by atoms with Crippen LogP contribution >= 0.6 is 0 Å². The fourth-order valence-electron chi connectivity index (χ4n) is 2.14. The van der Waals surface area contributed by atoms with Crippen molar-refractivity contribution in [1.82, 2.24) is 0 Å². The average molecular weight is 399 g/mol. The molecule has 0 atom stereocenters. The molecule has 0 saturated heterocycles. The standard InChI is InChI=1S/2C9H7.C3H6.ClH.Zr/c2*1-2-5-9-7-3-6-8(9)4-1;1-3-2;;/h2*1-7H;1-2H3;1H;/q2*-1;;;+2/p-1. The summed E-state index contributed by atoms with van der Waals surface area (Å²) in [6.45, 7) is 4.25. The van der Waals surface area contributed by atoms with E-state index in [4.69, 9.17) is 0 Å². The summed E-state index contributed by atoms with van der Waals surface area (Å²) in [5.41, 5.74) is 0. The molecule has 4 aromatic rings. The molecule has 0 fully saturated rings. The third-order valence-electron chi connectivity index (χ3n) is 3.10. The molecular weight excluding hydrogens is 379 g/mol. The van der Waals surface area contributed by atoms with Gasteiger partial charge in [-0.05, 0) is 0 Å². The molecule has 0 unspecified atom stereocenters. The number of fused-ring (bicyclic) bond motifs is 2. The normalized spacial score (nSPS) is 9.22. The van der Waals surface area contributed by atoms with Crippen LogP contribution in [0.4, 0.5) is 0 Å². The van der Waals surface area contributed by atoms with Gasteiger partial charge >= 0.3 is 41.3 Å². The van der Waals surface area contributed by atoms with Gasteiger partial charge in [0.15, 0.2) is 0 Å². The van der Waals surface area contributed by atoms with E-state index in [1.54, 1.807) is 24.2 Å². The monoisotopic (exact) mass is 397 g/mol. The quantitative estimate of drug-likeness (QED) is 0.399. The SMILES string of the molecule is C[C](C)=[Zr+2].[Cl-].c1ccc2[cH-]ccc2c1.c1ccc2[cH-]ccc2c1. The molecular formula is C21H20ClZr-. The van der Waals surface area contributed by atoms with E-state index in [1.807, 2.05) is 0 Å². The second kappa shape index (κ2) is 10.5. The van der Waals surface area contributed by atoms with Crippen LogP contribution < -0.4 is 12.4 Å². The Bertz CT molecular complexity index is 708. The van der Waals surface area contributed by atoms with Gasteiger partial charge in [0.1, 0.15) is 0 Å². The number of rotatable bonds is 0. The van der Waals surface area contributed by atoms with Crippen LogP contribution in [0.5, 0.6) is 0 Å². The Morgan fingerprint density at radius 2 is 1.04 bits per heavy atom. The second-order valence-corrected chi connectivity index (χ2v) is 7.77. The van der Waals surface area contributed by atoms with Crippen molar-refractivity contribution in [2.24, 2.45) is 0 Å². The van der Waals surface area contributed by atoms with Crippen LogP contribution in [-0.2, 0) is 24.2 Å². The third kappa shape index (κ3) is 6.77. The summed E-state index contributed by atoms with van der Waals surface area (Å²) in [5, 5.41) is 5.32. The molecule has 4 aromatic carbocycles. The minimum absolute atomic E-state index is 0. The first-order valence-electron chi connectivity index (χ1n) is 7.39. The largest absolute Gasteiger partial charge is 1.00 e. The minimum atomic E-state index is 0. The smallest absolute Gasteiger partial charge is 0.0809 e. The molecule has 23 heavy (non-hydrogen) atoms. The van der Waals surface area contributed by atoms with E-state index in [0.717, 1.165) is 0 Å². The summed E-state index contributed by atoms with van der Waals surface area (Å²) in [4.78, 5) is 0. The zero-order chi connectivity index (χ0) is 15.8. The predicted molar refractivity (Wildman–Crippen MR) is 95.4 cm³/mol. The molecule has 2 heteroatoms. The molecule has 0 aliphatic heterocycles. The van der Waals surface area contributed by atoms with Gasteiger partial charge in [0.05, 0.1) is 0 Å². The van der Waals surface area contributed by atoms with Gasteiger partial charge in [-0.3, -0.25) is 0 Å². The summed E-state index contributed by atoms with van der Waals surface area (Å²) in [6.07, 6.45) is 0. The van der Waals surface area contributed by atoms with Gasteiger partial charge in [-0.25, -0.2) is 0 Å². The Morgan fingerprint density at radius 3 is 1.39 bits per heavy atom. The van der Waals surface area contributed by atoms with Gasteiger partial charge in [-0.15, -0.1) is 59.3 Å². The van der Waals surface area contributed by atoms with E-state index < -0.39 is 0 Å². The Hall–Kier alpha value is -1.30. The Balaban J connectivity index is 0.000000182. The first kappa shape index (κ1) is 19.7. The van der Waals surface area contributed by atoms with Gasteiger partial charge in [-0.2, -0.15) is 35.0 Å². The first-order chi connectivity index (χ1) is 10.7. The van der Waals surface area contributed by atoms with Gasteiger partial charge in [0.2, 0.25) is 0 Å². The number of hydrogen-bond acceptors (Lipinski definition) is 0. The Kier molecular flexibility index (Phi) is 8.99. The molecule has 0 heterocycles. The van der Waals surface area contributed by atoms with E-state index in [9.17, 15) is 0 Å². The minimum Gasteiger partial charge on any atom is -1.00 e. The van der Waals surface area contributed by atoms with Crippen LogP contribution in [0.2, 0.25) is 0 Å². The van der Waals surface area contributed by atoms with Crippen LogP contribution in [0, 0.1) is 0 Å². The van der Waals surface area contributed by atoms with Crippen molar-refractivity contribution in [2.75, 3.05) is 0 Å². The van der Waals surface area contributed by atoms with E-state index in [2.05, 4.69) is 98.8 Å². The third-order valence-corrected chi connectivity index (χ3v) is 3.10. The van der Waals surface area contributed by atoms with Gasteiger partial charge in [0.25, 0.3) is 0 Å². The van der Waals surface area contributed by atoms with Crippen molar-refractivity contribution < 1.29 is 36.6 Å². The summed E-state index contributed by atoms with van der Waals surface area (Å²) in [5.74, 6) is 0. The van der Waals surface area contributed by atoms with Crippen LogP contribution in [0.3, 0.4) is 0 Å². The zero-order valence-corrected chi connectivity index (χ0v) is 16.7. The van der Waals surface area contributed by atoms with E-state index in [-0.39, 0.29) is 12.4 Å². The summed E-state index contributed by atoms with van der Waals surface area (Å²) < 4.78 is 1.51. The maximum atomic E-state index is 2.12. The fraction of sp³-hybridized carbons (Fsp3) is 0.0952. The molecule has 0 aliphatic carbocycles. The van der Waals surface area contributed by atoms with Crippen molar-refractivity contribution in [1.29, 1.82) is 0 Å². The van der Waals surface area contributed by atoms with Gasteiger partial charge in [0, 0.05) is 0 Å². The number of halogens is 1. The Morgan fingerprint density at radius 1 is 0.696 bits per heavy atom. The van der Waals surface area contributed by atoms with Gasteiger partial charge in [-0.1, -0.05) is 12.1 Å². The van der Waals surface area contributed by atoms with Crippen LogP contribution in [0.25, 0.3) is 21.5 Å². The number of hydrogen-bond donors (Lipinski definition) is 0. The summed E-state index contributed by atoms with van der Waals surface area (Å²) in [7, 11) is 0. The van der Waals surface area contributed by atoms with Crippen molar-refractivity contribution >= 4 is 24.8 Å². The van der Waals surface area contributed by atoms with E-state index >= 15 is 0 Å². The molecule has 0 aliphatic rings. The summed E-state index contributed by atoms with van der Waals surface area (Å²) in [6, 6.07) is 29.3. The molecule has 0 nitrogen and oxygen atoms in total. The van der Waals surface area contributed by atoms with Crippen molar-refractivity contribution in [3.63, 3.8) is 0 Å². The first-order valence-corrected chi connectivity index (χ1v) is 8.62. The molecule has 4 rings (SSSR count). The van der Waals surface area contributed by atoms with E-state index in [1.165, 1.54) is 24.8 Å². The zero-order valence-electron chi connectivity index (χ0n) is 13.5. The second-order valence-electron chi connectivity index (χ2n) is 5.31. The molecule has 0 N–H and O–H groups in total. The average Bonchev–Trinajstić information content (AvgIpc) is 3.16. The van der Waals surface area contributed by atoms with Crippen molar-refractivity contribution in [3.8, 4) is 0 Å². The molecule has 0 aromatic heterocycles. The van der Waals surface area contributed by atoms with Crippen molar-refractivity contribution in [2.45, 2.75) is 13.8 Å². The van der Waals surface area contributed by atoms with E-state index in [0.29, 0.717) is 0 Å².